The third-order valence-corrected chi connectivity index (χ3v) is 10.8. The lowest BCUT2D eigenvalue weighted by Crippen LogP contribution is -2.70. The molecule has 3 N–H and O–H groups in total. The lowest BCUT2D eigenvalue weighted by Gasteiger charge is -2.60. The van der Waals surface area contributed by atoms with Crippen LogP contribution in [0.5, 0.6) is 11.5 Å². The number of allylic oxidation sites excluding steroid dienone is 1. The monoisotopic (exact) mass is 757 g/mol. The molecule has 2 aromatic carbocycles. The van der Waals surface area contributed by atoms with E-state index < -0.39 is 17.7 Å². The van der Waals surface area contributed by atoms with Gasteiger partial charge in [-0.25, -0.2) is 0 Å². The number of oxime groups is 1. The molecule has 55 heavy (non-hydrogen) atoms. The van der Waals surface area contributed by atoms with Gasteiger partial charge in [-0.05, 0) is 85.6 Å². The standard InChI is InChI=1S/C43H55N3O9/c1-4-22-53-33-16-17-38-36(27-33)40-34(11-7-9-20-48)32(10-6-8-19-47)26-35-37(45-51-3)28-39(43(55-38,41(35)40)54-23-5-2)46(18-24-52-25-21-49)42(50)31-14-12-30(29-44)13-15-31/h4-5,12-17,26-27,32,34,39-41,47-49H,1-2,6-11,18-25,28H2,3H3. The molecule has 0 bridgehead atoms. The van der Waals surface area contributed by atoms with Gasteiger partial charge < -0.3 is 44.0 Å². The molecule has 1 amide bonds. The van der Waals surface area contributed by atoms with E-state index in [0.29, 0.717) is 47.8 Å². The number of hydrogen-bond acceptors (Lipinski definition) is 11. The van der Waals surface area contributed by atoms with Crippen molar-refractivity contribution in [3.63, 3.8) is 0 Å². The fraction of sp³-hybridized carbons (Fsp3) is 0.512. The molecular formula is C43H55N3O9. The SMILES string of the molecule is C=CCOc1ccc2c(c1)C1C(CCCCO)C(CCCCO)C=C3C(=NOC)CC(N(CCOCCO)C(=O)c4ccc(C#N)cc4)C(OCC=C)(O2)C31. The largest absolute Gasteiger partial charge is 0.490 e. The average molecular weight is 758 g/mol. The number of nitrogens with zero attached hydrogens (tertiary/aromatic N) is 3. The van der Waals surface area contributed by atoms with E-state index in [1.54, 1.807) is 41.3 Å². The summed E-state index contributed by atoms with van der Waals surface area (Å²) < 4.78 is 26.0. The Morgan fingerprint density at radius 1 is 1.02 bits per heavy atom. The van der Waals surface area contributed by atoms with E-state index >= 15 is 0 Å². The molecule has 0 radical (unpaired) electrons. The van der Waals surface area contributed by atoms with Gasteiger partial charge in [0.15, 0.2) is 0 Å². The highest BCUT2D eigenvalue weighted by atomic mass is 16.7. The first-order chi connectivity index (χ1) is 26.9. The number of benzene rings is 2. The van der Waals surface area contributed by atoms with Crippen LogP contribution in [0, 0.1) is 29.1 Å². The minimum absolute atomic E-state index is 0.0566. The predicted octanol–water partition coefficient (Wildman–Crippen LogP) is 5.54. The Balaban J connectivity index is 1.77. The highest BCUT2D eigenvalue weighted by molar-refractivity contribution is 6.03. The Morgan fingerprint density at radius 2 is 1.76 bits per heavy atom. The van der Waals surface area contributed by atoms with Crippen molar-refractivity contribution in [1.29, 1.82) is 5.26 Å². The average Bonchev–Trinajstić information content (AvgIpc) is 3.21. The van der Waals surface area contributed by atoms with Crippen molar-refractivity contribution in [1.82, 2.24) is 4.90 Å². The number of carbonyl (C=O) groups excluding carboxylic acids is 1. The highest BCUT2D eigenvalue weighted by Gasteiger charge is 2.65. The zero-order chi connectivity index (χ0) is 39.2. The molecule has 1 saturated carbocycles. The van der Waals surface area contributed by atoms with Crippen LogP contribution in [0.15, 0.2) is 84.6 Å². The van der Waals surface area contributed by atoms with Crippen LogP contribution in [0.1, 0.15) is 72.3 Å². The van der Waals surface area contributed by atoms with E-state index in [0.717, 1.165) is 36.8 Å². The van der Waals surface area contributed by atoms with Crippen LogP contribution >= 0.6 is 0 Å². The van der Waals surface area contributed by atoms with E-state index in [2.05, 4.69) is 30.5 Å². The van der Waals surface area contributed by atoms with E-state index in [4.69, 9.17) is 23.8 Å². The molecule has 1 fully saturated rings. The molecule has 296 valence electrons. The highest BCUT2D eigenvalue weighted by Crippen LogP contribution is 2.62. The summed E-state index contributed by atoms with van der Waals surface area (Å²) in [7, 11) is 1.51. The summed E-state index contributed by atoms with van der Waals surface area (Å²) in [4.78, 5) is 22.0. The first kappa shape index (κ1) is 41.6. The van der Waals surface area contributed by atoms with Crippen molar-refractivity contribution in [2.24, 2.45) is 22.9 Å². The van der Waals surface area contributed by atoms with Crippen LogP contribution in [-0.4, -0.2) is 104 Å². The van der Waals surface area contributed by atoms with Crippen molar-refractivity contribution < 1.29 is 43.9 Å². The zero-order valence-electron chi connectivity index (χ0n) is 31.8. The number of carbonyl (C=O) groups is 1. The molecule has 12 nitrogen and oxygen atoms in total. The van der Waals surface area contributed by atoms with Crippen molar-refractivity contribution in [3.05, 3.63) is 96.1 Å². The van der Waals surface area contributed by atoms with Crippen molar-refractivity contribution in [3.8, 4) is 17.6 Å². The van der Waals surface area contributed by atoms with Crippen LogP contribution < -0.4 is 9.47 Å². The summed E-state index contributed by atoms with van der Waals surface area (Å²) in [5.41, 5.74) is 3.34. The lowest BCUT2D eigenvalue weighted by atomic mass is 9.55. The molecule has 0 spiro atoms. The number of nitriles is 1. The Bertz CT molecular complexity index is 1700. The number of hydrogen-bond donors (Lipinski definition) is 3. The molecule has 3 aliphatic rings. The molecule has 2 aliphatic carbocycles. The maximum Gasteiger partial charge on any atom is 0.254 e. The van der Waals surface area contributed by atoms with Gasteiger partial charge in [0.05, 0.1) is 49.7 Å². The number of aliphatic hydroxyl groups is 3. The summed E-state index contributed by atoms with van der Waals surface area (Å²) in [6.07, 6.45) is 10.4. The zero-order valence-corrected chi connectivity index (χ0v) is 31.8. The van der Waals surface area contributed by atoms with E-state index in [1.165, 1.54) is 7.11 Å². The Kier molecular flexibility index (Phi) is 15.5. The van der Waals surface area contributed by atoms with Gasteiger partial charge in [-0.1, -0.05) is 42.8 Å². The number of amides is 1. The van der Waals surface area contributed by atoms with Gasteiger partial charge in [0.2, 0.25) is 5.79 Å². The number of unbranched alkanes of at least 4 members (excludes halogenated alkanes) is 2. The molecule has 12 heteroatoms. The molecule has 1 aliphatic heterocycles. The normalized spacial score (nSPS) is 24.4. The summed E-state index contributed by atoms with van der Waals surface area (Å²) in [6.45, 7) is 8.62. The minimum atomic E-state index is -1.45. The number of fused-ring (bicyclic) bond motifs is 2. The number of aliphatic hydroxyl groups excluding tert-OH is 3. The second-order valence-electron chi connectivity index (χ2n) is 14.1. The topological polar surface area (TPSA) is 163 Å². The van der Waals surface area contributed by atoms with Gasteiger partial charge in [0.1, 0.15) is 31.3 Å². The van der Waals surface area contributed by atoms with Gasteiger partial charge >= 0.3 is 0 Å². The Labute approximate surface area is 324 Å². The first-order valence-corrected chi connectivity index (χ1v) is 19.3. The molecule has 6 unspecified atom stereocenters. The molecular weight excluding hydrogens is 702 g/mol. The summed E-state index contributed by atoms with van der Waals surface area (Å²) >= 11 is 0. The molecule has 6 atom stereocenters. The molecule has 2 aromatic rings. The number of ether oxygens (including phenoxy) is 4. The quantitative estimate of drug-likeness (QED) is 0.0790. The maximum absolute atomic E-state index is 14.8. The fourth-order valence-electron chi connectivity index (χ4n) is 8.59. The van der Waals surface area contributed by atoms with Gasteiger partial charge in [0.25, 0.3) is 5.91 Å². The van der Waals surface area contributed by atoms with Crippen molar-refractivity contribution in [2.75, 3.05) is 59.9 Å². The maximum atomic E-state index is 14.8. The van der Waals surface area contributed by atoms with Crippen LogP contribution in [-0.2, 0) is 14.3 Å². The Morgan fingerprint density at radius 3 is 2.44 bits per heavy atom. The molecule has 1 heterocycles. The summed E-state index contributed by atoms with van der Waals surface area (Å²) in [5.74, 6) is -1.03. The van der Waals surface area contributed by atoms with Crippen LogP contribution in [0.4, 0.5) is 0 Å². The van der Waals surface area contributed by atoms with E-state index in [9.17, 15) is 25.4 Å². The predicted molar refractivity (Wildman–Crippen MR) is 208 cm³/mol. The van der Waals surface area contributed by atoms with Crippen LogP contribution in [0.2, 0.25) is 0 Å². The van der Waals surface area contributed by atoms with Gasteiger partial charge in [-0.2, -0.15) is 5.26 Å². The second kappa shape index (κ2) is 20.4. The van der Waals surface area contributed by atoms with Gasteiger partial charge in [0, 0.05) is 43.2 Å². The fourth-order valence-corrected chi connectivity index (χ4v) is 8.59. The van der Waals surface area contributed by atoms with Crippen LogP contribution in [0.25, 0.3) is 0 Å². The van der Waals surface area contributed by atoms with Crippen molar-refractivity contribution >= 4 is 11.6 Å². The summed E-state index contributed by atoms with van der Waals surface area (Å²) in [6, 6.07) is 13.6. The molecule has 5 rings (SSSR count). The van der Waals surface area contributed by atoms with Gasteiger partial charge in [-0.15, -0.1) is 6.58 Å². The Hall–Kier alpha value is -4.51. The van der Waals surface area contributed by atoms with Gasteiger partial charge in [-0.3, -0.25) is 4.79 Å². The van der Waals surface area contributed by atoms with E-state index in [-0.39, 0.29) is 76.3 Å². The smallest absolute Gasteiger partial charge is 0.254 e. The second-order valence-corrected chi connectivity index (χ2v) is 14.1. The first-order valence-electron chi connectivity index (χ1n) is 19.3. The molecule has 0 saturated heterocycles. The molecule has 0 aromatic heterocycles. The van der Waals surface area contributed by atoms with E-state index in [1.807, 2.05) is 18.2 Å². The van der Waals surface area contributed by atoms with Crippen molar-refractivity contribution in [2.45, 2.75) is 62.7 Å². The third-order valence-electron chi connectivity index (χ3n) is 10.8. The minimum Gasteiger partial charge on any atom is -0.490 e. The third kappa shape index (κ3) is 9.31. The van der Waals surface area contributed by atoms with Crippen LogP contribution in [0.3, 0.4) is 0 Å². The summed E-state index contributed by atoms with van der Waals surface area (Å²) in [5, 5.41) is 43.2. The number of rotatable bonds is 22. The lowest BCUT2D eigenvalue weighted by molar-refractivity contribution is -0.254.